The lowest BCUT2D eigenvalue weighted by Crippen LogP contribution is -2.15. The zero-order valence-electron chi connectivity index (χ0n) is 8.52. The number of hydrogen-bond donors (Lipinski definition) is 1. The number of rotatable bonds is 1. The van der Waals surface area contributed by atoms with Crippen LogP contribution in [0.3, 0.4) is 0 Å². The van der Waals surface area contributed by atoms with Crippen LogP contribution in [0.4, 0.5) is 26.3 Å². The topological polar surface area (TPSA) is 44.0 Å². The van der Waals surface area contributed by atoms with Crippen molar-refractivity contribution in [3.63, 3.8) is 0 Å². The Hall–Kier alpha value is -1.75. The normalized spacial score (nSPS) is 12.3. The van der Waals surface area contributed by atoms with E-state index in [9.17, 15) is 26.3 Å². The van der Waals surface area contributed by atoms with Crippen LogP contribution < -0.4 is 0 Å². The maximum atomic E-state index is 12.5. The molecule has 0 unspecified atom stereocenters. The fraction of sp³-hybridized carbons (Fsp3) is 0.300. The second-order valence-corrected chi connectivity index (χ2v) is 3.32. The van der Waals surface area contributed by atoms with Crippen molar-refractivity contribution in [2.24, 2.45) is 0 Å². The molecule has 1 aromatic rings. The first-order chi connectivity index (χ1) is 8.11. The van der Waals surface area contributed by atoms with E-state index < -0.39 is 41.2 Å². The number of nitrogens with zero attached hydrogens (tertiary/aromatic N) is 1. The fourth-order valence-electron chi connectivity index (χ4n) is 1.36. The van der Waals surface area contributed by atoms with Crippen LogP contribution in [0.25, 0.3) is 0 Å². The molecule has 0 atom stereocenters. The predicted molar refractivity (Wildman–Crippen MR) is 47.1 cm³/mol. The van der Waals surface area contributed by atoms with Crippen molar-refractivity contribution in [1.29, 1.82) is 5.26 Å². The van der Waals surface area contributed by atoms with Crippen molar-refractivity contribution >= 4 is 0 Å². The highest BCUT2D eigenvalue weighted by molar-refractivity contribution is 5.47. The van der Waals surface area contributed by atoms with Gasteiger partial charge in [0.15, 0.2) is 0 Å². The monoisotopic (exact) mass is 269 g/mol. The molecule has 0 aromatic heterocycles. The summed E-state index contributed by atoms with van der Waals surface area (Å²) >= 11 is 0. The largest absolute Gasteiger partial charge is 0.416 e. The van der Waals surface area contributed by atoms with Gasteiger partial charge in [-0.05, 0) is 12.1 Å². The van der Waals surface area contributed by atoms with Gasteiger partial charge in [0.25, 0.3) is 0 Å². The number of benzene rings is 1. The number of hydrogen-bond acceptors (Lipinski definition) is 2. The van der Waals surface area contributed by atoms with Crippen LogP contribution >= 0.6 is 0 Å². The fourth-order valence-corrected chi connectivity index (χ4v) is 1.36. The summed E-state index contributed by atoms with van der Waals surface area (Å²) in [5.41, 5.74) is -4.95. The standard InChI is InChI=1S/C10H5F6NO/c11-9(12,13)6-1-5(3-17)7(4-18)8(2-6)10(14,15)16/h1-2,18H,4H2. The minimum atomic E-state index is -5.08. The van der Waals surface area contributed by atoms with Gasteiger partial charge in [-0.15, -0.1) is 0 Å². The number of nitriles is 1. The average Bonchev–Trinajstić information content (AvgIpc) is 2.24. The quantitative estimate of drug-likeness (QED) is 0.796. The first kappa shape index (κ1) is 14.3. The van der Waals surface area contributed by atoms with Gasteiger partial charge in [-0.1, -0.05) is 0 Å². The molecule has 0 radical (unpaired) electrons. The summed E-state index contributed by atoms with van der Waals surface area (Å²) in [5, 5.41) is 17.3. The Labute approximate surface area is 97.1 Å². The molecule has 0 saturated heterocycles. The summed E-state index contributed by atoms with van der Waals surface area (Å²) in [7, 11) is 0. The molecule has 0 saturated carbocycles. The Bertz CT molecular complexity index is 497. The molecule has 0 spiro atoms. The van der Waals surface area contributed by atoms with Crippen LogP contribution in [0, 0.1) is 11.3 Å². The van der Waals surface area contributed by atoms with E-state index in [0.29, 0.717) is 0 Å². The Morgan fingerprint density at radius 3 is 1.94 bits per heavy atom. The lowest BCUT2D eigenvalue weighted by molar-refractivity contribution is -0.143. The third-order valence-corrected chi connectivity index (χ3v) is 2.16. The van der Waals surface area contributed by atoms with Crippen LogP contribution in [-0.2, 0) is 19.0 Å². The van der Waals surface area contributed by atoms with Crippen LogP contribution in [-0.4, -0.2) is 5.11 Å². The van der Waals surface area contributed by atoms with E-state index in [1.807, 2.05) is 0 Å². The first-order valence-electron chi connectivity index (χ1n) is 4.43. The van der Waals surface area contributed by atoms with Crippen molar-refractivity contribution < 1.29 is 31.4 Å². The second kappa shape index (κ2) is 4.49. The minimum absolute atomic E-state index is 0.119. The van der Waals surface area contributed by atoms with E-state index in [2.05, 4.69) is 0 Å². The molecule has 0 aliphatic heterocycles. The number of aliphatic hydroxyl groups is 1. The van der Waals surface area contributed by atoms with E-state index in [1.54, 1.807) is 0 Å². The molecule has 1 rings (SSSR count). The maximum absolute atomic E-state index is 12.5. The van der Waals surface area contributed by atoms with Gasteiger partial charge in [-0.3, -0.25) is 0 Å². The van der Waals surface area contributed by atoms with Gasteiger partial charge in [-0.2, -0.15) is 31.6 Å². The van der Waals surface area contributed by atoms with Crippen molar-refractivity contribution in [2.45, 2.75) is 19.0 Å². The van der Waals surface area contributed by atoms with Crippen molar-refractivity contribution in [2.75, 3.05) is 0 Å². The summed E-state index contributed by atoms with van der Waals surface area (Å²) in [5.74, 6) is 0. The van der Waals surface area contributed by atoms with Gasteiger partial charge < -0.3 is 5.11 Å². The summed E-state index contributed by atoms with van der Waals surface area (Å²) in [4.78, 5) is 0. The van der Waals surface area contributed by atoms with Gasteiger partial charge in [-0.25, -0.2) is 0 Å². The molecule has 1 N–H and O–H groups in total. The summed E-state index contributed by atoms with van der Waals surface area (Å²) < 4.78 is 74.7. The second-order valence-electron chi connectivity index (χ2n) is 3.32. The molecule has 1 aromatic carbocycles. The van der Waals surface area contributed by atoms with Gasteiger partial charge in [0, 0.05) is 5.56 Å². The van der Waals surface area contributed by atoms with Gasteiger partial charge in [0.05, 0.1) is 29.4 Å². The Kier molecular flexibility index (Phi) is 3.57. The SMILES string of the molecule is N#Cc1cc(C(F)(F)F)cc(C(F)(F)F)c1CO. The van der Waals surface area contributed by atoms with Crippen molar-refractivity contribution in [3.05, 3.63) is 34.4 Å². The van der Waals surface area contributed by atoms with E-state index in [1.165, 1.54) is 6.07 Å². The molecule has 8 heteroatoms. The van der Waals surface area contributed by atoms with E-state index in [-0.39, 0.29) is 12.1 Å². The van der Waals surface area contributed by atoms with Crippen LogP contribution in [0.5, 0.6) is 0 Å². The number of alkyl halides is 6. The third-order valence-electron chi connectivity index (χ3n) is 2.16. The molecule has 0 aliphatic carbocycles. The predicted octanol–water partition coefficient (Wildman–Crippen LogP) is 3.09. The highest BCUT2D eigenvalue weighted by atomic mass is 19.4. The molecule has 18 heavy (non-hydrogen) atoms. The molecule has 0 fully saturated rings. The Morgan fingerprint density at radius 2 is 1.61 bits per heavy atom. The van der Waals surface area contributed by atoms with Gasteiger partial charge >= 0.3 is 12.4 Å². The summed E-state index contributed by atoms with van der Waals surface area (Å²) in [6.45, 7) is -1.17. The molecular weight excluding hydrogens is 264 g/mol. The Balaban J connectivity index is 3.63. The summed E-state index contributed by atoms with van der Waals surface area (Å²) in [6.07, 6.45) is -10.1. The highest BCUT2D eigenvalue weighted by Crippen LogP contribution is 2.38. The Morgan fingerprint density at radius 1 is 1.06 bits per heavy atom. The molecule has 0 heterocycles. The maximum Gasteiger partial charge on any atom is 0.416 e. The number of aliphatic hydroxyl groups excluding tert-OH is 1. The zero-order chi connectivity index (χ0) is 14.1. The minimum Gasteiger partial charge on any atom is -0.392 e. The third kappa shape index (κ3) is 2.73. The van der Waals surface area contributed by atoms with Gasteiger partial charge in [0.2, 0.25) is 0 Å². The van der Waals surface area contributed by atoms with Crippen LogP contribution in [0.15, 0.2) is 12.1 Å². The van der Waals surface area contributed by atoms with Crippen molar-refractivity contribution in [3.8, 4) is 6.07 Å². The van der Waals surface area contributed by atoms with Gasteiger partial charge in [0.1, 0.15) is 0 Å². The lowest BCUT2D eigenvalue weighted by atomic mass is 9.98. The van der Waals surface area contributed by atoms with Crippen LogP contribution in [0.2, 0.25) is 0 Å². The van der Waals surface area contributed by atoms with Crippen LogP contribution in [0.1, 0.15) is 22.3 Å². The zero-order valence-corrected chi connectivity index (χ0v) is 8.52. The average molecular weight is 269 g/mol. The summed E-state index contributed by atoms with van der Waals surface area (Å²) in [6, 6.07) is 1.37. The molecule has 0 bridgehead atoms. The molecule has 0 aliphatic rings. The molecule has 0 amide bonds. The van der Waals surface area contributed by atoms with Crippen molar-refractivity contribution in [1.82, 2.24) is 0 Å². The van der Waals surface area contributed by atoms with E-state index in [0.717, 1.165) is 0 Å². The van der Waals surface area contributed by atoms with E-state index in [4.69, 9.17) is 10.4 Å². The molecule has 2 nitrogen and oxygen atoms in total. The van der Waals surface area contributed by atoms with E-state index >= 15 is 0 Å². The number of halogens is 6. The smallest absolute Gasteiger partial charge is 0.392 e. The first-order valence-corrected chi connectivity index (χ1v) is 4.43. The molecule has 98 valence electrons. The highest BCUT2D eigenvalue weighted by Gasteiger charge is 2.39. The molecular formula is C10H5F6NO. The lowest BCUT2D eigenvalue weighted by Gasteiger charge is -2.16.